The number of amides is 1. The van der Waals surface area contributed by atoms with Crippen molar-refractivity contribution >= 4 is 45.5 Å². The average molecular weight is 495 g/mol. The number of anilines is 3. The number of aromatic nitrogens is 2. The Labute approximate surface area is 205 Å². The van der Waals surface area contributed by atoms with Crippen molar-refractivity contribution in [2.24, 2.45) is 0 Å². The summed E-state index contributed by atoms with van der Waals surface area (Å²) >= 11 is 2.69. The first kappa shape index (κ1) is 23.4. The van der Waals surface area contributed by atoms with E-state index in [2.05, 4.69) is 20.8 Å². The van der Waals surface area contributed by atoms with Crippen LogP contribution in [0.1, 0.15) is 0 Å². The van der Waals surface area contributed by atoms with Crippen molar-refractivity contribution in [3.8, 4) is 23.0 Å². The van der Waals surface area contributed by atoms with Gasteiger partial charge in [-0.25, -0.2) is 0 Å². The minimum atomic E-state index is -0.157. The predicted molar refractivity (Wildman–Crippen MR) is 135 cm³/mol. The Bertz CT molecular complexity index is 1230. The second-order valence-corrected chi connectivity index (χ2v) is 9.04. The molecule has 10 heteroatoms. The van der Waals surface area contributed by atoms with Crippen LogP contribution in [0.2, 0.25) is 0 Å². The van der Waals surface area contributed by atoms with Crippen molar-refractivity contribution in [2.75, 3.05) is 30.6 Å². The summed E-state index contributed by atoms with van der Waals surface area (Å²) in [6.07, 6.45) is 0. The largest absolute Gasteiger partial charge is 0.493 e. The molecule has 0 radical (unpaired) electrons. The summed E-state index contributed by atoms with van der Waals surface area (Å²) in [6.45, 7) is 0. The van der Waals surface area contributed by atoms with Gasteiger partial charge in [-0.3, -0.25) is 4.79 Å². The van der Waals surface area contributed by atoms with E-state index in [0.29, 0.717) is 26.7 Å². The molecule has 0 atom stereocenters. The third-order valence-corrected chi connectivity index (χ3v) is 6.46. The number of hydrogen-bond acceptors (Lipinski definition) is 9. The number of carbonyl (C=O) groups excluding carboxylic acids is 1. The second kappa shape index (κ2) is 11.4. The third kappa shape index (κ3) is 6.40. The molecule has 1 heterocycles. The Morgan fingerprint density at radius 3 is 2.32 bits per heavy atom. The van der Waals surface area contributed by atoms with Gasteiger partial charge in [-0.1, -0.05) is 41.3 Å². The third-order valence-electron chi connectivity index (χ3n) is 4.48. The van der Waals surface area contributed by atoms with Gasteiger partial charge in [-0.2, -0.15) is 0 Å². The van der Waals surface area contributed by atoms with Crippen molar-refractivity contribution in [1.82, 2.24) is 10.2 Å². The molecule has 0 spiro atoms. The maximum Gasteiger partial charge on any atom is 0.234 e. The molecule has 3 aromatic carbocycles. The van der Waals surface area contributed by atoms with E-state index in [1.165, 1.54) is 23.1 Å². The molecular formula is C24H22N4O4S2. The Morgan fingerprint density at radius 2 is 1.59 bits per heavy atom. The molecule has 174 valence electrons. The van der Waals surface area contributed by atoms with E-state index in [-0.39, 0.29) is 11.7 Å². The summed E-state index contributed by atoms with van der Waals surface area (Å²) < 4.78 is 17.0. The Balaban J connectivity index is 1.27. The molecule has 0 saturated carbocycles. The van der Waals surface area contributed by atoms with Gasteiger partial charge in [0.25, 0.3) is 0 Å². The van der Waals surface area contributed by atoms with Gasteiger partial charge < -0.3 is 24.8 Å². The van der Waals surface area contributed by atoms with Gasteiger partial charge >= 0.3 is 0 Å². The number of nitrogens with zero attached hydrogens (tertiary/aromatic N) is 2. The topological polar surface area (TPSA) is 94.6 Å². The van der Waals surface area contributed by atoms with Crippen molar-refractivity contribution < 1.29 is 19.0 Å². The lowest BCUT2D eigenvalue weighted by Gasteiger charge is -2.10. The van der Waals surface area contributed by atoms with Gasteiger partial charge in [0.15, 0.2) is 15.8 Å². The van der Waals surface area contributed by atoms with Gasteiger partial charge in [0.1, 0.15) is 11.5 Å². The lowest BCUT2D eigenvalue weighted by molar-refractivity contribution is -0.113. The zero-order valence-corrected chi connectivity index (χ0v) is 20.1. The van der Waals surface area contributed by atoms with Crippen LogP contribution >= 0.6 is 23.1 Å². The van der Waals surface area contributed by atoms with E-state index in [1.807, 2.05) is 54.6 Å². The van der Waals surface area contributed by atoms with Crippen LogP contribution < -0.4 is 24.8 Å². The first-order chi connectivity index (χ1) is 16.6. The highest BCUT2D eigenvalue weighted by Crippen LogP contribution is 2.31. The first-order valence-corrected chi connectivity index (χ1v) is 12.0. The summed E-state index contributed by atoms with van der Waals surface area (Å²) in [5, 5.41) is 15.0. The minimum Gasteiger partial charge on any atom is -0.493 e. The van der Waals surface area contributed by atoms with Crippen molar-refractivity contribution in [2.45, 2.75) is 4.34 Å². The van der Waals surface area contributed by atoms with Crippen LogP contribution in [0.4, 0.5) is 16.5 Å². The average Bonchev–Trinajstić information content (AvgIpc) is 3.32. The highest BCUT2D eigenvalue weighted by Gasteiger charge is 2.11. The van der Waals surface area contributed by atoms with E-state index in [4.69, 9.17) is 14.2 Å². The first-order valence-electron chi connectivity index (χ1n) is 10.2. The molecule has 1 amide bonds. The summed E-state index contributed by atoms with van der Waals surface area (Å²) in [6, 6.07) is 22.4. The monoisotopic (exact) mass is 494 g/mol. The molecule has 2 N–H and O–H groups in total. The number of hydrogen-bond donors (Lipinski definition) is 2. The molecule has 0 saturated heterocycles. The van der Waals surface area contributed by atoms with E-state index in [1.54, 1.807) is 32.4 Å². The van der Waals surface area contributed by atoms with Gasteiger partial charge in [0.05, 0.1) is 20.0 Å². The molecular weight excluding hydrogens is 472 g/mol. The van der Waals surface area contributed by atoms with Crippen LogP contribution in [-0.2, 0) is 4.79 Å². The lowest BCUT2D eigenvalue weighted by atomic mass is 10.2. The van der Waals surface area contributed by atoms with E-state index < -0.39 is 0 Å². The normalized spacial score (nSPS) is 10.4. The molecule has 8 nitrogen and oxygen atoms in total. The van der Waals surface area contributed by atoms with Gasteiger partial charge in [-0.05, 0) is 48.5 Å². The standard InChI is InChI=1S/C24H22N4O4S2/c1-30-20-13-10-17(14-21(20)31-2)25-22(29)15-33-24-28-27-23(34-24)26-16-8-11-19(12-9-16)32-18-6-4-3-5-7-18/h3-14H,15H2,1-2H3,(H,25,29)(H,26,27). The molecule has 0 aliphatic heterocycles. The van der Waals surface area contributed by atoms with Crippen LogP contribution in [0.15, 0.2) is 77.1 Å². The number of para-hydroxylation sites is 1. The number of benzene rings is 3. The molecule has 0 unspecified atom stereocenters. The SMILES string of the molecule is COc1ccc(NC(=O)CSc2nnc(Nc3ccc(Oc4ccccc4)cc3)s2)cc1OC. The molecule has 0 aliphatic carbocycles. The Kier molecular flexibility index (Phi) is 7.84. The van der Waals surface area contributed by atoms with Crippen LogP contribution in [0.25, 0.3) is 0 Å². The lowest BCUT2D eigenvalue weighted by Crippen LogP contribution is -2.14. The van der Waals surface area contributed by atoms with Gasteiger partial charge in [-0.15, -0.1) is 10.2 Å². The van der Waals surface area contributed by atoms with Crippen molar-refractivity contribution in [1.29, 1.82) is 0 Å². The smallest absolute Gasteiger partial charge is 0.234 e. The van der Waals surface area contributed by atoms with Crippen molar-refractivity contribution in [3.63, 3.8) is 0 Å². The zero-order valence-electron chi connectivity index (χ0n) is 18.5. The predicted octanol–water partition coefficient (Wildman–Crippen LogP) is 5.82. The summed E-state index contributed by atoms with van der Waals surface area (Å²) in [5.74, 6) is 2.72. The molecule has 34 heavy (non-hydrogen) atoms. The zero-order chi connectivity index (χ0) is 23.8. The van der Waals surface area contributed by atoms with E-state index >= 15 is 0 Å². The molecule has 0 bridgehead atoms. The van der Waals surface area contributed by atoms with Crippen molar-refractivity contribution in [3.05, 3.63) is 72.8 Å². The van der Waals surface area contributed by atoms with E-state index in [0.717, 1.165) is 17.2 Å². The van der Waals surface area contributed by atoms with Crippen LogP contribution in [0, 0.1) is 0 Å². The number of nitrogens with one attached hydrogen (secondary N) is 2. The van der Waals surface area contributed by atoms with Gasteiger partial charge in [0.2, 0.25) is 11.0 Å². The fraction of sp³-hybridized carbons (Fsp3) is 0.125. The minimum absolute atomic E-state index is 0.157. The van der Waals surface area contributed by atoms with E-state index in [9.17, 15) is 4.79 Å². The van der Waals surface area contributed by atoms with Crippen LogP contribution in [0.3, 0.4) is 0 Å². The quantitative estimate of drug-likeness (QED) is 0.266. The second-order valence-electron chi connectivity index (χ2n) is 6.84. The highest BCUT2D eigenvalue weighted by molar-refractivity contribution is 8.01. The van der Waals surface area contributed by atoms with Crippen LogP contribution in [0.5, 0.6) is 23.0 Å². The maximum atomic E-state index is 12.3. The Morgan fingerprint density at radius 1 is 0.882 bits per heavy atom. The van der Waals surface area contributed by atoms with Crippen LogP contribution in [-0.4, -0.2) is 36.1 Å². The Hall–Kier alpha value is -3.76. The molecule has 0 fully saturated rings. The number of ether oxygens (including phenoxy) is 3. The molecule has 4 aromatic rings. The fourth-order valence-corrected chi connectivity index (χ4v) is 4.48. The molecule has 4 rings (SSSR count). The van der Waals surface area contributed by atoms with Gasteiger partial charge in [0, 0.05) is 17.4 Å². The number of carbonyl (C=O) groups is 1. The summed E-state index contributed by atoms with van der Waals surface area (Å²) in [7, 11) is 3.11. The fourth-order valence-electron chi connectivity index (χ4n) is 2.91. The number of methoxy groups -OCH3 is 2. The molecule has 1 aromatic heterocycles. The summed E-state index contributed by atoms with van der Waals surface area (Å²) in [5.41, 5.74) is 1.49. The number of rotatable bonds is 10. The highest BCUT2D eigenvalue weighted by atomic mass is 32.2. The maximum absolute atomic E-state index is 12.3. The number of thioether (sulfide) groups is 1. The summed E-state index contributed by atoms with van der Waals surface area (Å²) in [4.78, 5) is 12.3. The molecule has 0 aliphatic rings.